The quantitative estimate of drug-likeness (QED) is 0.471. The molecular formula is C25H30N6O5. The topological polar surface area (TPSA) is 132 Å². The lowest BCUT2D eigenvalue weighted by molar-refractivity contribution is -0.0298. The van der Waals surface area contributed by atoms with Gasteiger partial charge in [0.1, 0.15) is 23.2 Å². The van der Waals surface area contributed by atoms with Crippen LogP contribution < -0.4 is 10.1 Å². The zero-order valence-electron chi connectivity index (χ0n) is 20.2. The van der Waals surface area contributed by atoms with Crippen LogP contribution in [0.5, 0.6) is 5.75 Å². The van der Waals surface area contributed by atoms with E-state index in [9.17, 15) is 14.7 Å². The van der Waals surface area contributed by atoms with Crippen molar-refractivity contribution in [2.24, 2.45) is 5.92 Å². The van der Waals surface area contributed by atoms with Gasteiger partial charge in [0.15, 0.2) is 11.9 Å². The maximum atomic E-state index is 11.7. The summed E-state index contributed by atoms with van der Waals surface area (Å²) in [6.45, 7) is 2.39. The summed E-state index contributed by atoms with van der Waals surface area (Å²) in [5.74, 6) is 1.27. The Labute approximate surface area is 208 Å². The number of hydrogen-bond acceptors (Lipinski definition) is 8. The molecule has 2 N–H and O–H groups in total. The van der Waals surface area contributed by atoms with E-state index in [2.05, 4.69) is 10.3 Å². The number of likely N-dealkylation sites (tertiary alicyclic amines) is 1. The van der Waals surface area contributed by atoms with E-state index < -0.39 is 6.09 Å². The van der Waals surface area contributed by atoms with Crippen LogP contribution in [0.2, 0.25) is 0 Å². The van der Waals surface area contributed by atoms with E-state index in [1.807, 2.05) is 10.6 Å². The second-order valence-electron chi connectivity index (χ2n) is 9.21. The first-order chi connectivity index (χ1) is 17.6. The molecule has 190 valence electrons. The second-order valence-corrected chi connectivity index (χ2v) is 9.21. The number of aldehydes is 1. The van der Waals surface area contributed by atoms with Gasteiger partial charge in [-0.25, -0.2) is 14.8 Å². The third-order valence-corrected chi connectivity index (χ3v) is 6.95. The van der Waals surface area contributed by atoms with Crippen molar-refractivity contribution in [2.45, 2.75) is 38.3 Å². The first-order valence-corrected chi connectivity index (χ1v) is 12.3. The molecule has 2 fully saturated rings. The first-order valence-electron chi connectivity index (χ1n) is 12.3. The highest BCUT2D eigenvalue weighted by atomic mass is 16.5. The minimum Gasteiger partial charge on any atom is -0.496 e. The van der Waals surface area contributed by atoms with E-state index in [-0.39, 0.29) is 6.23 Å². The van der Waals surface area contributed by atoms with Crippen molar-refractivity contribution < 1.29 is 24.2 Å². The zero-order valence-corrected chi connectivity index (χ0v) is 20.2. The number of ether oxygens (including phenoxy) is 2. The van der Waals surface area contributed by atoms with Crippen molar-refractivity contribution in [3.63, 3.8) is 0 Å². The van der Waals surface area contributed by atoms with Crippen LogP contribution in [-0.4, -0.2) is 75.3 Å². The van der Waals surface area contributed by atoms with Crippen molar-refractivity contribution in [3.05, 3.63) is 30.1 Å². The number of anilines is 1. The van der Waals surface area contributed by atoms with Gasteiger partial charge in [-0.05, 0) is 56.2 Å². The SMILES string of the molecule is COc1ccc(-c2nc(NCC3CCN(C(=O)O)CC3)nc3c2ncn3C2CCCCO2)cc1C=O. The monoisotopic (exact) mass is 494 g/mol. The van der Waals surface area contributed by atoms with Crippen molar-refractivity contribution in [2.75, 3.05) is 38.7 Å². The van der Waals surface area contributed by atoms with Gasteiger partial charge in [0.2, 0.25) is 5.95 Å². The van der Waals surface area contributed by atoms with Crippen molar-refractivity contribution >= 4 is 29.5 Å². The Bertz CT molecular complexity index is 1250. The number of aromatic nitrogens is 4. The Morgan fingerprint density at radius 2 is 2.08 bits per heavy atom. The number of nitrogens with zero attached hydrogens (tertiary/aromatic N) is 5. The molecule has 11 nitrogen and oxygen atoms in total. The first kappa shape index (κ1) is 24.0. The predicted molar refractivity (Wildman–Crippen MR) is 132 cm³/mol. The number of fused-ring (bicyclic) bond motifs is 1. The van der Waals surface area contributed by atoms with E-state index in [4.69, 9.17) is 19.4 Å². The number of carbonyl (C=O) groups is 2. The summed E-state index contributed by atoms with van der Waals surface area (Å²) in [6, 6.07) is 5.35. The number of piperidine rings is 1. The van der Waals surface area contributed by atoms with Crippen LogP contribution >= 0.6 is 0 Å². The number of carboxylic acid groups (broad SMARTS) is 1. The maximum Gasteiger partial charge on any atom is 0.407 e. The van der Waals surface area contributed by atoms with Gasteiger partial charge in [-0.1, -0.05) is 0 Å². The molecule has 3 aromatic rings. The van der Waals surface area contributed by atoms with Gasteiger partial charge >= 0.3 is 6.09 Å². The van der Waals surface area contributed by atoms with Crippen LogP contribution in [-0.2, 0) is 4.74 Å². The van der Waals surface area contributed by atoms with Gasteiger partial charge in [0, 0.05) is 31.8 Å². The Kier molecular flexibility index (Phi) is 6.99. The summed E-state index contributed by atoms with van der Waals surface area (Å²) in [7, 11) is 1.53. The van der Waals surface area contributed by atoms with E-state index in [1.165, 1.54) is 12.0 Å². The molecule has 2 aromatic heterocycles. The molecule has 1 aromatic carbocycles. The fourth-order valence-electron chi connectivity index (χ4n) is 4.89. The number of methoxy groups -OCH3 is 1. The Morgan fingerprint density at radius 1 is 1.25 bits per heavy atom. The van der Waals surface area contributed by atoms with Gasteiger partial charge in [-0.2, -0.15) is 4.98 Å². The lowest BCUT2D eigenvalue weighted by Crippen LogP contribution is -2.39. The second kappa shape index (κ2) is 10.5. The third-order valence-electron chi connectivity index (χ3n) is 6.95. The highest BCUT2D eigenvalue weighted by molar-refractivity contribution is 5.91. The Hall–Kier alpha value is -3.73. The van der Waals surface area contributed by atoms with Crippen LogP contribution in [0.15, 0.2) is 24.5 Å². The molecule has 0 saturated carbocycles. The summed E-state index contributed by atoms with van der Waals surface area (Å²) in [6.07, 6.45) is 6.06. The van der Waals surface area contributed by atoms with E-state index in [0.29, 0.717) is 66.3 Å². The molecule has 4 heterocycles. The molecule has 11 heteroatoms. The number of benzene rings is 1. The van der Waals surface area contributed by atoms with E-state index in [0.717, 1.165) is 44.0 Å². The summed E-state index contributed by atoms with van der Waals surface area (Å²) in [5, 5.41) is 12.6. The van der Waals surface area contributed by atoms with Crippen molar-refractivity contribution in [3.8, 4) is 17.0 Å². The summed E-state index contributed by atoms with van der Waals surface area (Å²) in [4.78, 5) is 38.5. The van der Waals surface area contributed by atoms with Crippen LogP contribution in [0.4, 0.5) is 10.7 Å². The number of nitrogens with one attached hydrogen (secondary N) is 1. The highest BCUT2D eigenvalue weighted by Crippen LogP contribution is 2.33. The van der Waals surface area contributed by atoms with Gasteiger partial charge in [-0.15, -0.1) is 0 Å². The number of hydrogen-bond donors (Lipinski definition) is 2. The van der Waals surface area contributed by atoms with Gasteiger partial charge in [-0.3, -0.25) is 9.36 Å². The molecule has 0 aliphatic carbocycles. The average molecular weight is 495 g/mol. The van der Waals surface area contributed by atoms with Crippen molar-refractivity contribution in [1.82, 2.24) is 24.4 Å². The van der Waals surface area contributed by atoms with Gasteiger partial charge in [0.05, 0.1) is 19.0 Å². The molecular weight excluding hydrogens is 464 g/mol. The largest absolute Gasteiger partial charge is 0.496 e. The van der Waals surface area contributed by atoms with Crippen molar-refractivity contribution in [1.29, 1.82) is 0 Å². The van der Waals surface area contributed by atoms with Crippen LogP contribution in [0.3, 0.4) is 0 Å². The zero-order chi connectivity index (χ0) is 25.1. The molecule has 1 atom stereocenters. The number of carbonyl (C=O) groups excluding carboxylic acids is 1. The van der Waals surface area contributed by atoms with E-state index >= 15 is 0 Å². The molecule has 1 amide bonds. The minimum absolute atomic E-state index is 0.138. The number of rotatable bonds is 7. The number of imidazole rings is 1. The van der Waals surface area contributed by atoms with E-state index in [1.54, 1.807) is 18.5 Å². The molecule has 2 saturated heterocycles. The van der Waals surface area contributed by atoms with Gasteiger partial charge < -0.3 is 24.8 Å². The standard InChI is InChI=1S/C25H30N6O5/c1-35-19-6-5-17(12-18(19)14-32)21-22-23(31(15-27-22)20-4-2-3-11-36-20)29-24(28-21)26-13-16-7-9-30(10-8-16)25(33)34/h5-6,12,14-16,20H,2-4,7-11,13H2,1H3,(H,33,34)(H,26,28,29). The normalized spacial score (nSPS) is 18.8. The van der Waals surface area contributed by atoms with Gasteiger partial charge in [0.25, 0.3) is 0 Å². The fraction of sp³-hybridized carbons (Fsp3) is 0.480. The molecule has 1 unspecified atom stereocenters. The molecule has 2 aliphatic heterocycles. The predicted octanol–water partition coefficient (Wildman–Crippen LogP) is 3.82. The Balaban J connectivity index is 1.48. The summed E-state index contributed by atoms with van der Waals surface area (Å²) < 4.78 is 13.2. The van der Waals surface area contributed by atoms with Crippen LogP contribution in [0, 0.1) is 5.92 Å². The molecule has 5 rings (SSSR count). The molecule has 0 spiro atoms. The highest BCUT2D eigenvalue weighted by Gasteiger charge is 2.24. The Morgan fingerprint density at radius 3 is 2.78 bits per heavy atom. The van der Waals surface area contributed by atoms with Crippen LogP contribution in [0.1, 0.15) is 48.7 Å². The fourth-order valence-corrected chi connectivity index (χ4v) is 4.89. The lowest BCUT2D eigenvalue weighted by atomic mass is 9.97. The molecule has 36 heavy (non-hydrogen) atoms. The maximum absolute atomic E-state index is 11.7. The summed E-state index contributed by atoms with van der Waals surface area (Å²) in [5.41, 5.74) is 3.07. The van der Waals surface area contributed by atoms with Crippen LogP contribution in [0.25, 0.3) is 22.4 Å². The number of amides is 1. The average Bonchev–Trinajstić information content (AvgIpc) is 3.35. The third kappa shape index (κ3) is 4.83. The minimum atomic E-state index is -0.868. The summed E-state index contributed by atoms with van der Waals surface area (Å²) >= 11 is 0. The molecule has 0 radical (unpaired) electrons. The molecule has 2 aliphatic rings. The lowest BCUT2D eigenvalue weighted by Gasteiger charge is -2.30. The smallest absolute Gasteiger partial charge is 0.407 e. The molecule has 0 bridgehead atoms.